The first kappa shape index (κ1) is 39.5. The minimum Gasteiger partial charge on any atom is -0.287 e. The van der Waals surface area contributed by atoms with E-state index in [9.17, 15) is 124 Å². The van der Waals surface area contributed by atoms with Gasteiger partial charge in [-0.15, -0.1) is 9.80 Å². The Bertz CT molecular complexity index is 1010. The van der Waals surface area contributed by atoms with Crippen molar-refractivity contribution in [3.63, 3.8) is 0 Å². The van der Waals surface area contributed by atoms with Crippen LogP contribution in [0.25, 0.3) is 0 Å². The second-order valence-electron chi connectivity index (χ2n) is 7.88. The highest BCUT2D eigenvalue weighted by molar-refractivity contribution is 5.95. The topological polar surface area (TPSA) is 40.6 Å². The zero-order chi connectivity index (χ0) is 36.3. The Morgan fingerprint density at radius 1 is 0.341 bits per heavy atom. The summed E-state index contributed by atoms with van der Waals surface area (Å²) in [6.07, 6.45) is -33.0. The molecule has 1 fully saturated rings. The van der Waals surface area contributed by atoms with Crippen LogP contribution in [0.4, 0.5) is 114 Å². The smallest absolute Gasteiger partial charge is 0.287 e. The average Bonchev–Trinajstić information content (AvgIpc) is 2.71. The lowest BCUT2D eigenvalue weighted by Crippen LogP contribution is -2.88. The number of halogens is 26. The number of alkyl halides is 26. The normalized spacial score (nSPS) is 22.6. The molecule has 0 aromatic heterocycles. The first-order chi connectivity index (χ1) is 18.5. The van der Waals surface area contributed by atoms with Gasteiger partial charge >= 0.3 is 72.3 Å². The van der Waals surface area contributed by atoms with Crippen LogP contribution in [0.2, 0.25) is 0 Å². The Balaban J connectivity index is 4.22. The van der Waals surface area contributed by atoms with E-state index in [1.54, 1.807) is 0 Å². The van der Waals surface area contributed by atoms with Crippen molar-refractivity contribution in [2.75, 3.05) is 0 Å². The molecular weight excluding hydrogens is 722 g/mol. The number of Topliss-reactive ketones (excluding diaryl/α,β-unsaturated/α-hetero) is 2. The second kappa shape index (κ2) is 9.48. The van der Waals surface area contributed by atoms with Gasteiger partial charge in [-0.25, -0.2) is 8.78 Å². The summed E-state index contributed by atoms with van der Waals surface area (Å²) in [5.41, 5.74) is -16.9. The number of piperazine rings is 1. The van der Waals surface area contributed by atoms with Crippen molar-refractivity contribution in [3.8, 4) is 0 Å². The van der Waals surface area contributed by atoms with Crippen molar-refractivity contribution in [3.05, 3.63) is 0 Å². The summed E-state index contributed by atoms with van der Waals surface area (Å²) in [7, 11) is 0. The fourth-order valence-corrected chi connectivity index (χ4v) is 3.05. The van der Waals surface area contributed by atoms with Crippen molar-refractivity contribution in [2.45, 2.75) is 72.3 Å². The Kier molecular flexibility index (Phi) is 8.51. The summed E-state index contributed by atoms with van der Waals surface area (Å²) >= 11 is 0. The van der Waals surface area contributed by atoms with E-state index < -0.39 is 93.7 Å². The third-order valence-corrected chi connectivity index (χ3v) is 5.14. The molecule has 0 spiro atoms. The van der Waals surface area contributed by atoms with Crippen LogP contribution in [0.1, 0.15) is 0 Å². The number of ketones is 2. The molecule has 0 aliphatic carbocycles. The molecule has 0 aromatic rings. The molecule has 0 bridgehead atoms. The van der Waals surface area contributed by atoms with Crippen LogP contribution in [0.5, 0.6) is 0 Å². The maximum Gasteiger partial charge on any atom is 0.439 e. The lowest BCUT2D eigenvalue weighted by atomic mass is 9.93. The Morgan fingerprint density at radius 2 is 0.477 bits per heavy atom. The van der Waals surface area contributed by atoms with E-state index >= 15 is 0 Å². The number of rotatable bonds is 6. The van der Waals surface area contributed by atoms with E-state index in [-0.39, 0.29) is 0 Å². The molecule has 0 unspecified atom stereocenters. The second-order valence-corrected chi connectivity index (χ2v) is 7.88. The van der Waals surface area contributed by atoms with Crippen LogP contribution in [-0.4, -0.2) is 93.7 Å². The summed E-state index contributed by atoms with van der Waals surface area (Å²) in [4.78, 5) is 12.1. The minimum absolute atomic E-state index is 5.07. The molecule has 1 aliphatic heterocycles. The highest BCUT2D eigenvalue weighted by atomic mass is 19.4. The van der Waals surface area contributed by atoms with Crippen LogP contribution in [0.15, 0.2) is 0 Å². The van der Waals surface area contributed by atoms with Crippen LogP contribution in [0, 0.1) is 0 Å². The summed E-state index contributed by atoms with van der Waals surface area (Å²) in [5, 5.41) is 0. The molecule has 0 amide bonds. The Labute approximate surface area is 219 Å². The van der Waals surface area contributed by atoms with Gasteiger partial charge in [0, 0.05) is 0 Å². The van der Waals surface area contributed by atoms with E-state index in [0.29, 0.717) is 0 Å². The number of hydrogen-bond acceptors (Lipinski definition) is 4. The van der Waals surface area contributed by atoms with Gasteiger partial charge in [-0.3, -0.25) is 9.59 Å². The zero-order valence-electron chi connectivity index (χ0n) is 18.5. The van der Waals surface area contributed by atoms with Gasteiger partial charge in [0.1, 0.15) is 0 Å². The van der Waals surface area contributed by atoms with E-state index in [1.165, 1.54) is 0 Å². The van der Waals surface area contributed by atoms with Gasteiger partial charge in [-0.2, -0.15) is 105 Å². The molecule has 1 heterocycles. The monoisotopic (exact) mass is 722 g/mol. The summed E-state index contributed by atoms with van der Waals surface area (Å²) in [6.45, 7) is 0. The maximum absolute atomic E-state index is 14.2. The molecule has 0 aromatic carbocycles. The van der Waals surface area contributed by atoms with E-state index in [4.69, 9.17) is 0 Å². The van der Waals surface area contributed by atoms with Gasteiger partial charge in [-0.05, 0) is 0 Å². The fraction of sp³-hybridized carbons (Fsp3) is 0.857. The third-order valence-electron chi connectivity index (χ3n) is 5.14. The molecule has 4 nitrogen and oxygen atoms in total. The molecule has 1 rings (SSSR count). The Morgan fingerprint density at radius 3 is 0.591 bits per heavy atom. The van der Waals surface area contributed by atoms with E-state index in [1.807, 2.05) is 0 Å². The van der Waals surface area contributed by atoms with Crippen molar-refractivity contribution in [2.24, 2.45) is 0 Å². The van der Waals surface area contributed by atoms with Gasteiger partial charge in [0.2, 0.25) is 0 Å². The van der Waals surface area contributed by atoms with Crippen LogP contribution >= 0.6 is 0 Å². The van der Waals surface area contributed by atoms with Crippen LogP contribution < -0.4 is 0 Å². The summed E-state index contributed by atoms with van der Waals surface area (Å²) < 4.78 is 347. The average molecular weight is 722 g/mol. The molecule has 1 saturated heterocycles. The van der Waals surface area contributed by atoms with Crippen LogP contribution in [-0.2, 0) is 9.59 Å². The standard InChI is InChI=1S/C14F26N2O2/c15-3(7(21,22)23,8(24,25)26)1(43)5(17,18)41-11(33,34)13(37,38)42(14(39,40)12(41,35)36)6(19,20)2(44)4(16,9(27,28)29)10(30,31)32. The largest absolute Gasteiger partial charge is 0.439 e. The number of carbonyl (C=O) groups excluding carboxylic acids is 2. The van der Waals surface area contributed by atoms with Crippen molar-refractivity contribution in [1.82, 2.24) is 9.80 Å². The quantitative estimate of drug-likeness (QED) is 0.220. The minimum atomic E-state index is -8.88. The predicted octanol–water partition coefficient (Wildman–Crippen LogP) is 6.96. The molecule has 0 N–H and O–H groups in total. The highest BCUT2D eigenvalue weighted by Crippen LogP contribution is 2.65. The van der Waals surface area contributed by atoms with Gasteiger partial charge < -0.3 is 0 Å². The fourth-order valence-electron chi connectivity index (χ4n) is 3.05. The molecule has 0 radical (unpaired) electrons. The molecule has 260 valence electrons. The molecule has 0 saturated carbocycles. The maximum atomic E-state index is 14.2. The number of nitrogens with zero attached hydrogens (tertiary/aromatic N) is 2. The van der Waals surface area contributed by atoms with Crippen molar-refractivity contribution in [1.29, 1.82) is 0 Å². The summed E-state index contributed by atoms with van der Waals surface area (Å²) in [5.74, 6) is -12.3. The van der Waals surface area contributed by atoms with Gasteiger partial charge in [0.25, 0.3) is 11.6 Å². The van der Waals surface area contributed by atoms with Gasteiger partial charge in [0.15, 0.2) is 0 Å². The molecule has 0 atom stereocenters. The number of carbonyl (C=O) groups is 2. The SMILES string of the molecule is O=C(C(F)(F)N1C(F)(F)C(F)(F)N(C(F)(F)C(=O)C(F)(C(F)(F)F)C(F)(F)F)C(F)(F)C1(F)F)C(F)(C(F)(F)F)C(F)(F)F. The van der Waals surface area contributed by atoms with E-state index in [2.05, 4.69) is 0 Å². The zero-order valence-corrected chi connectivity index (χ0v) is 18.5. The van der Waals surface area contributed by atoms with Crippen molar-refractivity contribution < 1.29 is 124 Å². The first-order valence-corrected chi connectivity index (χ1v) is 9.16. The van der Waals surface area contributed by atoms with E-state index in [0.717, 1.165) is 0 Å². The van der Waals surface area contributed by atoms with Crippen LogP contribution in [0.3, 0.4) is 0 Å². The molecule has 1 aliphatic rings. The molecular formula is C14F26N2O2. The summed E-state index contributed by atoms with van der Waals surface area (Å²) in [6, 6.07) is -53.0. The van der Waals surface area contributed by atoms with Crippen molar-refractivity contribution >= 4 is 11.6 Å². The Hall–Kier alpha value is -2.56. The first-order valence-electron chi connectivity index (χ1n) is 9.16. The predicted molar refractivity (Wildman–Crippen MR) is 75.3 cm³/mol. The van der Waals surface area contributed by atoms with Gasteiger partial charge in [-0.1, -0.05) is 0 Å². The third kappa shape index (κ3) is 4.69. The molecule has 44 heavy (non-hydrogen) atoms. The number of hydrogen-bond donors (Lipinski definition) is 0. The van der Waals surface area contributed by atoms with Gasteiger partial charge in [0.05, 0.1) is 0 Å². The molecule has 30 heteroatoms. The lowest BCUT2D eigenvalue weighted by molar-refractivity contribution is -0.553. The lowest BCUT2D eigenvalue weighted by Gasteiger charge is -2.55. The highest BCUT2D eigenvalue weighted by Gasteiger charge is 2.96.